The van der Waals surface area contributed by atoms with E-state index in [-0.39, 0.29) is 50.3 Å². The summed E-state index contributed by atoms with van der Waals surface area (Å²) in [5.41, 5.74) is 0.195. The standard InChI is InChI=1S/C31H27Cl4FN6O3/c1-5-19(43)40-8-10-41(11-9-40)28-16-12-18(32)26(20-21(33)23(35)24(36)29(44)22(20)34)39-30(16)42(31(45)17(28)13-37)27-15(4)6-7-38-25(27)14(2)3/h5-7,12,14-15,27,44H,1,8-11H2,2-4H3/t15-,27?/m1/s1. The predicted molar refractivity (Wildman–Crippen MR) is 176 cm³/mol. The van der Waals surface area contributed by atoms with Crippen molar-refractivity contribution >= 4 is 74.7 Å². The Morgan fingerprint density at radius 3 is 2.44 bits per heavy atom. The van der Waals surface area contributed by atoms with Crippen LogP contribution in [0.1, 0.15) is 32.4 Å². The fraction of sp³-hybridized carbons (Fsp3) is 0.323. The number of aliphatic imine (C=N–C) groups is 1. The lowest BCUT2D eigenvalue weighted by Gasteiger charge is -2.37. The van der Waals surface area contributed by atoms with Crippen LogP contribution in [0.3, 0.4) is 0 Å². The van der Waals surface area contributed by atoms with Crippen molar-refractivity contribution in [3.63, 3.8) is 0 Å². The van der Waals surface area contributed by atoms with Crippen molar-refractivity contribution in [2.75, 3.05) is 31.1 Å². The molecule has 1 N–H and O–H groups in total. The number of hydrogen-bond acceptors (Lipinski definition) is 7. The van der Waals surface area contributed by atoms with E-state index in [1.807, 2.05) is 31.7 Å². The number of phenols is 1. The summed E-state index contributed by atoms with van der Waals surface area (Å²) in [4.78, 5) is 39.6. The van der Waals surface area contributed by atoms with Crippen LogP contribution in [0.4, 0.5) is 10.1 Å². The Labute approximate surface area is 278 Å². The summed E-state index contributed by atoms with van der Waals surface area (Å²) in [6, 6.07) is 3.00. The minimum Gasteiger partial charge on any atom is -0.504 e. The molecule has 1 amide bonds. The zero-order chi connectivity index (χ0) is 32.9. The van der Waals surface area contributed by atoms with Crippen LogP contribution in [0.15, 0.2) is 40.8 Å². The third-order valence-electron chi connectivity index (χ3n) is 8.06. The summed E-state index contributed by atoms with van der Waals surface area (Å²) in [6.45, 7) is 10.7. The molecule has 0 spiro atoms. The highest BCUT2D eigenvalue weighted by Crippen LogP contribution is 2.48. The van der Waals surface area contributed by atoms with Gasteiger partial charge in [-0.3, -0.25) is 19.1 Å². The molecule has 1 aromatic carbocycles. The van der Waals surface area contributed by atoms with Crippen LogP contribution in [0, 0.1) is 29.0 Å². The minimum atomic E-state index is -1.21. The Kier molecular flexibility index (Phi) is 9.20. The third-order valence-corrected chi connectivity index (χ3v) is 9.55. The number of rotatable bonds is 5. The second-order valence-electron chi connectivity index (χ2n) is 11.1. The summed E-state index contributed by atoms with van der Waals surface area (Å²) < 4.78 is 16.0. The maximum absolute atomic E-state index is 14.5. The van der Waals surface area contributed by atoms with E-state index < -0.39 is 33.2 Å². The summed E-state index contributed by atoms with van der Waals surface area (Å²) in [5.74, 6) is -2.68. The molecule has 45 heavy (non-hydrogen) atoms. The number of halogens is 5. The number of allylic oxidation sites excluding steroid dienone is 1. The van der Waals surface area contributed by atoms with Crippen molar-refractivity contribution in [1.29, 1.82) is 5.26 Å². The van der Waals surface area contributed by atoms with Gasteiger partial charge in [0.15, 0.2) is 11.6 Å². The normalized spacial score (nSPS) is 18.4. The molecule has 3 aromatic rings. The number of piperazine rings is 1. The quantitative estimate of drug-likeness (QED) is 0.175. The van der Waals surface area contributed by atoms with Crippen LogP contribution in [0.25, 0.3) is 22.3 Å². The SMILES string of the molecule is C=CC(=O)N1CCN(c2c(C#N)c(=O)n(C3C(C(C)C)=NC=C[C@H]3C)c3nc(-c4c(Cl)c(O)c(F)c(Cl)c4Cl)c(Cl)cc23)CC1. The van der Waals surface area contributed by atoms with E-state index in [1.165, 1.54) is 16.7 Å². The second kappa shape index (κ2) is 12.6. The van der Waals surface area contributed by atoms with Crippen molar-refractivity contribution in [3.8, 4) is 23.1 Å². The molecule has 2 aliphatic heterocycles. The van der Waals surface area contributed by atoms with Crippen molar-refractivity contribution < 1.29 is 14.3 Å². The molecule has 2 aromatic heterocycles. The Morgan fingerprint density at radius 1 is 1.18 bits per heavy atom. The van der Waals surface area contributed by atoms with E-state index >= 15 is 0 Å². The molecule has 0 radical (unpaired) electrons. The van der Waals surface area contributed by atoms with Gasteiger partial charge in [-0.2, -0.15) is 5.26 Å². The van der Waals surface area contributed by atoms with Crippen LogP contribution >= 0.6 is 46.4 Å². The molecule has 2 atom stereocenters. The monoisotopic (exact) mass is 690 g/mol. The topological polar surface area (TPSA) is 115 Å². The molecular weight excluding hydrogens is 665 g/mol. The van der Waals surface area contributed by atoms with Crippen LogP contribution in [-0.4, -0.2) is 57.4 Å². The molecule has 1 unspecified atom stereocenters. The minimum absolute atomic E-state index is 0.0153. The van der Waals surface area contributed by atoms with Gasteiger partial charge in [-0.1, -0.05) is 79.8 Å². The molecule has 0 bridgehead atoms. The largest absolute Gasteiger partial charge is 0.504 e. The summed E-state index contributed by atoms with van der Waals surface area (Å²) in [7, 11) is 0. The average molecular weight is 692 g/mol. The fourth-order valence-corrected chi connectivity index (χ4v) is 6.85. The van der Waals surface area contributed by atoms with Gasteiger partial charge in [0.05, 0.1) is 37.5 Å². The number of aromatic nitrogens is 2. The molecule has 5 rings (SSSR count). The molecule has 2 aliphatic rings. The molecule has 0 saturated carbocycles. The van der Waals surface area contributed by atoms with E-state index in [0.29, 0.717) is 43.0 Å². The summed E-state index contributed by atoms with van der Waals surface area (Å²) in [5, 5.41) is 19.8. The van der Waals surface area contributed by atoms with Crippen LogP contribution in [-0.2, 0) is 4.79 Å². The number of amides is 1. The van der Waals surface area contributed by atoms with Gasteiger partial charge in [0, 0.05) is 55.0 Å². The Balaban J connectivity index is 1.88. The first kappa shape index (κ1) is 32.8. The second-order valence-corrected chi connectivity index (χ2v) is 12.6. The first-order valence-corrected chi connectivity index (χ1v) is 15.5. The number of carbonyl (C=O) groups excluding carboxylic acids is 1. The lowest BCUT2D eigenvalue weighted by atomic mass is 9.88. The zero-order valence-electron chi connectivity index (χ0n) is 24.4. The van der Waals surface area contributed by atoms with E-state index in [0.717, 1.165) is 0 Å². The third kappa shape index (κ3) is 5.46. The fourth-order valence-electron chi connectivity index (χ4n) is 5.83. The molecule has 0 aliphatic carbocycles. The first-order chi connectivity index (χ1) is 21.3. The molecule has 9 nitrogen and oxygen atoms in total. The van der Waals surface area contributed by atoms with Gasteiger partial charge < -0.3 is 14.9 Å². The molecule has 1 fully saturated rings. The predicted octanol–water partition coefficient (Wildman–Crippen LogP) is 7.03. The van der Waals surface area contributed by atoms with Gasteiger partial charge in [0.2, 0.25) is 5.91 Å². The number of nitriles is 1. The van der Waals surface area contributed by atoms with Crippen LogP contribution in [0.5, 0.6) is 5.75 Å². The average Bonchev–Trinajstić information content (AvgIpc) is 3.02. The van der Waals surface area contributed by atoms with Gasteiger partial charge in [-0.05, 0) is 18.1 Å². The number of hydrogen-bond donors (Lipinski definition) is 1. The van der Waals surface area contributed by atoms with Crippen LogP contribution < -0.4 is 10.5 Å². The number of benzene rings is 1. The Hall–Kier alpha value is -3.62. The number of carbonyl (C=O) groups is 1. The van der Waals surface area contributed by atoms with Gasteiger partial charge in [0.1, 0.15) is 17.3 Å². The van der Waals surface area contributed by atoms with Gasteiger partial charge in [0.25, 0.3) is 5.56 Å². The Bertz CT molecular complexity index is 1900. The van der Waals surface area contributed by atoms with Crippen molar-refractivity contribution in [3.05, 3.63) is 72.8 Å². The summed E-state index contributed by atoms with van der Waals surface area (Å²) >= 11 is 25.7. The number of fused-ring (bicyclic) bond motifs is 1. The highest BCUT2D eigenvalue weighted by atomic mass is 35.5. The Morgan fingerprint density at radius 2 is 1.84 bits per heavy atom. The maximum Gasteiger partial charge on any atom is 0.272 e. The highest BCUT2D eigenvalue weighted by Gasteiger charge is 2.35. The molecule has 234 valence electrons. The van der Waals surface area contributed by atoms with Crippen molar-refractivity contribution in [1.82, 2.24) is 14.5 Å². The van der Waals surface area contributed by atoms with Gasteiger partial charge >= 0.3 is 0 Å². The number of nitrogens with zero attached hydrogens (tertiary/aromatic N) is 6. The van der Waals surface area contributed by atoms with Crippen LogP contribution in [0.2, 0.25) is 20.1 Å². The number of anilines is 1. The highest BCUT2D eigenvalue weighted by molar-refractivity contribution is 6.47. The van der Waals surface area contributed by atoms with Gasteiger partial charge in [-0.15, -0.1) is 0 Å². The maximum atomic E-state index is 14.5. The van der Waals surface area contributed by atoms with Gasteiger partial charge in [-0.25, -0.2) is 9.37 Å². The van der Waals surface area contributed by atoms with E-state index in [9.17, 15) is 24.3 Å². The first-order valence-electron chi connectivity index (χ1n) is 14.0. The van der Waals surface area contributed by atoms with E-state index in [1.54, 1.807) is 11.1 Å². The lowest BCUT2D eigenvalue weighted by Crippen LogP contribution is -2.49. The number of pyridine rings is 2. The summed E-state index contributed by atoms with van der Waals surface area (Å²) in [6.07, 6.45) is 4.78. The lowest BCUT2D eigenvalue weighted by molar-refractivity contribution is -0.126. The smallest absolute Gasteiger partial charge is 0.272 e. The van der Waals surface area contributed by atoms with E-state index in [4.69, 9.17) is 51.4 Å². The number of phenolic OH excluding ortho intramolecular Hbond substituents is 1. The number of aromatic hydroxyl groups is 1. The van der Waals surface area contributed by atoms with Crippen molar-refractivity contribution in [2.24, 2.45) is 16.8 Å². The van der Waals surface area contributed by atoms with E-state index in [2.05, 4.69) is 17.6 Å². The molecule has 4 heterocycles. The molecule has 1 saturated heterocycles. The molecular formula is C31H27Cl4FN6O3. The van der Waals surface area contributed by atoms with Crippen molar-refractivity contribution in [2.45, 2.75) is 26.8 Å². The molecule has 14 heteroatoms. The zero-order valence-corrected chi connectivity index (χ0v) is 27.4.